The van der Waals surface area contributed by atoms with E-state index in [2.05, 4.69) is 19.7 Å². The van der Waals surface area contributed by atoms with Crippen molar-refractivity contribution in [1.29, 1.82) is 0 Å². The molecule has 0 spiro atoms. The summed E-state index contributed by atoms with van der Waals surface area (Å²) in [6, 6.07) is 15.6. The van der Waals surface area contributed by atoms with Crippen molar-refractivity contribution in [2.45, 2.75) is 31.0 Å². The second kappa shape index (κ2) is 10.1. The lowest BCUT2D eigenvalue weighted by Crippen LogP contribution is -2.05. The van der Waals surface area contributed by atoms with E-state index in [1.165, 1.54) is 0 Å². The second-order valence-electron chi connectivity index (χ2n) is 6.81. The highest BCUT2D eigenvalue weighted by atomic mass is 35.5. The molecule has 0 fully saturated rings. The van der Waals surface area contributed by atoms with Gasteiger partial charge in [0.15, 0.2) is 22.5 Å². The number of halogens is 1. The summed E-state index contributed by atoms with van der Waals surface area (Å²) >= 11 is 8.09. The Balaban J connectivity index is 1.43. The van der Waals surface area contributed by atoms with Gasteiger partial charge >= 0.3 is 0 Å². The molecule has 0 saturated carbocycles. The first-order chi connectivity index (χ1) is 14.8. The molecule has 0 N–H and O–H groups in total. The molecule has 156 valence electrons. The van der Waals surface area contributed by atoms with Gasteiger partial charge in [-0.1, -0.05) is 47.6 Å². The largest absolute Gasteiger partial charge is 0.441 e. The van der Waals surface area contributed by atoms with Gasteiger partial charge in [-0.15, -0.1) is 10.2 Å². The molecular weight excluding hydrogens is 420 g/mol. The summed E-state index contributed by atoms with van der Waals surface area (Å²) in [5.74, 6) is 2.46. The maximum atomic E-state index is 6.40. The van der Waals surface area contributed by atoms with Crippen LogP contribution in [0.2, 0.25) is 5.02 Å². The Morgan fingerprint density at radius 2 is 1.90 bits per heavy atom. The molecule has 0 aliphatic heterocycles. The molecule has 0 bridgehead atoms. The third-order valence-electron chi connectivity index (χ3n) is 4.67. The molecule has 4 aromatic rings. The molecule has 0 amide bonds. The standard InChI is InChI=1S/C22H23ClN4O2S/c1-28-14-7-13-27-21(16-8-2-3-9-17(16)23)25-26-22(27)30-15-6-12-20-24-18-10-4-5-11-19(18)29-20/h2-5,8-11H,6-7,12-15H2,1H3. The van der Waals surface area contributed by atoms with Gasteiger partial charge in [0.1, 0.15) is 5.52 Å². The van der Waals surface area contributed by atoms with Crippen molar-refractivity contribution in [1.82, 2.24) is 19.7 Å². The molecule has 2 aromatic carbocycles. The number of thioether (sulfide) groups is 1. The lowest BCUT2D eigenvalue weighted by Gasteiger charge is -2.10. The number of aromatic nitrogens is 4. The first kappa shape index (κ1) is 20.9. The van der Waals surface area contributed by atoms with E-state index in [0.717, 1.165) is 65.1 Å². The lowest BCUT2D eigenvalue weighted by molar-refractivity contribution is 0.189. The summed E-state index contributed by atoms with van der Waals surface area (Å²) in [5.41, 5.74) is 2.63. The molecule has 8 heteroatoms. The number of ether oxygens (including phenoxy) is 1. The average Bonchev–Trinajstić information content (AvgIpc) is 3.35. The van der Waals surface area contributed by atoms with Crippen LogP contribution in [0.15, 0.2) is 58.1 Å². The molecule has 0 unspecified atom stereocenters. The number of methoxy groups -OCH3 is 1. The number of oxazole rings is 1. The van der Waals surface area contributed by atoms with E-state index in [-0.39, 0.29) is 0 Å². The van der Waals surface area contributed by atoms with Crippen LogP contribution in [0, 0.1) is 0 Å². The fraction of sp³-hybridized carbons (Fsp3) is 0.318. The molecular formula is C22H23ClN4O2S. The van der Waals surface area contributed by atoms with Crippen LogP contribution in [0.25, 0.3) is 22.5 Å². The number of benzene rings is 2. The summed E-state index contributed by atoms with van der Waals surface area (Å²) < 4.78 is 13.1. The molecule has 30 heavy (non-hydrogen) atoms. The predicted molar refractivity (Wildman–Crippen MR) is 120 cm³/mol. The number of hydrogen-bond acceptors (Lipinski definition) is 6. The lowest BCUT2D eigenvalue weighted by atomic mass is 10.2. The molecule has 6 nitrogen and oxygen atoms in total. The number of para-hydroxylation sites is 2. The number of hydrogen-bond donors (Lipinski definition) is 0. The Morgan fingerprint density at radius 1 is 1.07 bits per heavy atom. The Hall–Kier alpha value is -2.35. The number of fused-ring (bicyclic) bond motifs is 1. The zero-order valence-corrected chi connectivity index (χ0v) is 18.3. The highest BCUT2D eigenvalue weighted by molar-refractivity contribution is 7.99. The van der Waals surface area contributed by atoms with E-state index in [1.54, 1.807) is 18.9 Å². The monoisotopic (exact) mass is 442 g/mol. The summed E-state index contributed by atoms with van der Waals surface area (Å²) in [6.07, 6.45) is 2.60. The van der Waals surface area contributed by atoms with Crippen molar-refractivity contribution >= 4 is 34.5 Å². The Bertz CT molecular complexity index is 1080. The Kier molecular flexibility index (Phi) is 7.04. The molecule has 0 aliphatic carbocycles. The zero-order valence-electron chi connectivity index (χ0n) is 16.8. The van der Waals surface area contributed by atoms with Gasteiger partial charge in [0.05, 0.1) is 5.02 Å². The summed E-state index contributed by atoms with van der Waals surface area (Å²) in [6.45, 7) is 1.46. The van der Waals surface area contributed by atoms with Gasteiger partial charge in [0.2, 0.25) is 0 Å². The van der Waals surface area contributed by atoms with Crippen LogP contribution in [-0.2, 0) is 17.7 Å². The van der Waals surface area contributed by atoms with E-state index >= 15 is 0 Å². The van der Waals surface area contributed by atoms with Gasteiger partial charge < -0.3 is 13.7 Å². The van der Waals surface area contributed by atoms with Gasteiger partial charge in [0.25, 0.3) is 0 Å². The minimum atomic E-state index is 0.672. The minimum absolute atomic E-state index is 0.672. The van der Waals surface area contributed by atoms with Crippen molar-refractivity contribution in [3.8, 4) is 11.4 Å². The van der Waals surface area contributed by atoms with Crippen LogP contribution in [-0.4, -0.2) is 39.2 Å². The Morgan fingerprint density at radius 3 is 2.73 bits per heavy atom. The molecule has 0 atom stereocenters. The molecule has 0 saturated heterocycles. The maximum absolute atomic E-state index is 6.40. The van der Waals surface area contributed by atoms with Gasteiger partial charge in [-0.2, -0.15) is 0 Å². The van der Waals surface area contributed by atoms with E-state index in [4.69, 9.17) is 20.8 Å². The summed E-state index contributed by atoms with van der Waals surface area (Å²) in [7, 11) is 1.71. The van der Waals surface area contributed by atoms with Crippen molar-refractivity contribution < 1.29 is 9.15 Å². The SMILES string of the molecule is COCCCn1c(SCCCc2nc3ccccc3o2)nnc1-c1ccccc1Cl. The first-order valence-corrected chi connectivity index (χ1v) is 11.3. The van der Waals surface area contributed by atoms with Crippen LogP contribution in [0.5, 0.6) is 0 Å². The zero-order chi connectivity index (χ0) is 20.8. The molecule has 2 aromatic heterocycles. The van der Waals surface area contributed by atoms with Crippen molar-refractivity contribution in [2.75, 3.05) is 19.5 Å². The van der Waals surface area contributed by atoms with Gasteiger partial charge in [-0.25, -0.2) is 4.98 Å². The second-order valence-corrected chi connectivity index (χ2v) is 8.28. The molecule has 2 heterocycles. The normalized spacial score (nSPS) is 11.4. The van der Waals surface area contributed by atoms with Crippen LogP contribution >= 0.6 is 23.4 Å². The van der Waals surface area contributed by atoms with Crippen LogP contribution < -0.4 is 0 Å². The van der Waals surface area contributed by atoms with Crippen LogP contribution in [0.1, 0.15) is 18.7 Å². The summed E-state index contributed by atoms with van der Waals surface area (Å²) in [5, 5.41) is 10.4. The molecule has 0 radical (unpaired) electrons. The maximum Gasteiger partial charge on any atom is 0.195 e. The van der Waals surface area contributed by atoms with E-state index in [0.29, 0.717) is 11.6 Å². The topological polar surface area (TPSA) is 66.0 Å². The average molecular weight is 443 g/mol. The number of aryl methyl sites for hydroxylation is 1. The summed E-state index contributed by atoms with van der Waals surface area (Å²) in [4.78, 5) is 4.54. The van der Waals surface area contributed by atoms with Crippen molar-refractivity contribution in [3.63, 3.8) is 0 Å². The van der Waals surface area contributed by atoms with Gasteiger partial charge in [0, 0.05) is 38.0 Å². The third kappa shape index (κ3) is 4.86. The highest BCUT2D eigenvalue weighted by Crippen LogP contribution is 2.30. The predicted octanol–water partition coefficient (Wildman–Crippen LogP) is 5.50. The van der Waals surface area contributed by atoms with E-state index in [9.17, 15) is 0 Å². The third-order valence-corrected chi connectivity index (χ3v) is 6.05. The van der Waals surface area contributed by atoms with E-state index < -0.39 is 0 Å². The Labute approximate surface area is 184 Å². The van der Waals surface area contributed by atoms with Gasteiger partial charge in [-0.05, 0) is 37.1 Å². The molecule has 4 rings (SSSR count). The van der Waals surface area contributed by atoms with Crippen LogP contribution in [0.4, 0.5) is 0 Å². The minimum Gasteiger partial charge on any atom is -0.441 e. The van der Waals surface area contributed by atoms with E-state index in [1.807, 2.05) is 48.5 Å². The number of nitrogens with zero attached hydrogens (tertiary/aromatic N) is 4. The van der Waals surface area contributed by atoms with Gasteiger partial charge in [-0.3, -0.25) is 0 Å². The number of rotatable bonds is 10. The van der Waals surface area contributed by atoms with Crippen molar-refractivity contribution in [2.24, 2.45) is 0 Å². The fourth-order valence-electron chi connectivity index (χ4n) is 3.22. The van der Waals surface area contributed by atoms with Crippen molar-refractivity contribution in [3.05, 3.63) is 59.4 Å². The van der Waals surface area contributed by atoms with Crippen LogP contribution in [0.3, 0.4) is 0 Å². The quantitative estimate of drug-likeness (QED) is 0.238. The smallest absolute Gasteiger partial charge is 0.195 e. The first-order valence-electron chi connectivity index (χ1n) is 9.90. The highest BCUT2D eigenvalue weighted by Gasteiger charge is 2.16. The fourth-order valence-corrected chi connectivity index (χ4v) is 4.34. The molecule has 0 aliphatic rings.